The summed E-state index contributed by atoms with van der Waals surface area (Å²) < 4.78 is 0. The van der Waals surface area contributed by atoms with Gasteiger partial charge in [0.2, 0.25) is 0 Å². The molecule has 0 fully saturated rings. The number of aromatic amines is 1. The zero-order chi connectivity index (χ0) is 8.55. The van der Waals surface area contributed by atoms with E-state index in [1.165, 1.54) is 0 Å². The summed E-state index contributed by atoms with van der Waals surface area (Å²) in [6, 6.07) is 6.70. The minimum absolute atomic E-state index is 0.290. The number of hydrogen-bond acceptors (Lipinski definition) is 1. The number of nitrogens with one attached hydrogen (secondary N) is 1. The van der Waals surface area contributed by atoms with E-state index in [9.17, 15) is 4.79 Å². The molecule has 1 aromatic heterocycles. The van der Waals surface area contributed by atoms with Crippen molar-refractivity contribution in [2.45, 2.75) is 0 Å². The van der Waals surface area contributed by atoms with Crippen molar-refractivity contribution < 1.29 is 9.90 Å². The molecule has 2 N–H and O–H groups in total. The molecular weight excluding hydrogens is 154 g/mol. The number of H-pyrrole nitrogens is 1. The number of carbonyl (C=O) groups is 1. The zero-order valence-electron chi connectivity index (χ0n) is 6.16. The number of hydrogen-bond donors (Lipinski definition) is 2. The fourth-order valence-corrected chi connectivity index (χ4v) is 1.12. The number of benzene rings is 1. The maximum atomic E-state index is 10.5. The number of rotatable bonds is 1. The van der Waals surface area contributed by atoms with Crippen molar-refractivity contribution in [2.75, 3.05) is 0 Å². The summed E-state index contributed by atoms with van der Waals surface area (Å²) in [6.45, 7) is 0. The largest absolute Gasteiger partial charge is 0.478 e. The first-order chi connectivity index (χ1) is 5.77. The lowest BCUT2D eigenvalue weighted by molar-refractivity contribution is 0.0697. The molecule has 0 aliphatic rings. The van der Waals surface area contributed by atoms with Crippen molar-refractivity contribution >= 4 is 16.9 Å². The third-order valence-electron chi connectivity index (χ3n) is 1.73. The van der Waals surface area contributed by atoms with Crippen LogP contribution in [0.5, 0.6) is 0 Å². The highest BCUT2D eigenvalue weighted by atomic mass is 16.4. The van der Waals surface area contributed by atoms with Gasteiger partial charge in [0.15, 0.2) is 0 Å². The number of carboxylic acids is 1. The van der Waals surface area contributed by atoms with Gasteiger partial charge in [-0.1, -0.05) is 6.07 Å². The molecule has 3 heteroatoms. The fraction of sp³-hybridized carbons (Fsp3) is 0. The minimum Gasteiger partial charge on any atom is -0.478 e. The molecule has 0 spiro atoms. The van der Waals surface area contributed by atoms with E-state index >= 15 is 0 Å². The van der Waals surface area contributed by atoms with E-state index in [1.54, 1.807) is 24.3 Å². The standard InChI is InChI=1S/C9H6NO2/c11-9(12)7-2-1-6-3-4-10-8(6)5-7/h1-3,5,10H,(H,11,12). The Morgan fingerprint density at radius 2 is 2.33 bits per heavy atom. The second-order valence-corrected chi connectivity index (χ2v) is 2.52. The lowest BCUT2D eigenvalue weighted by atomic mass is 10.2. The van der Waals surface area contributed by atoms with Crippen molar-refractivity contribution in [1.29, 1.82) is 0 Å². The molecule has 0 aliphatic carbocycles. The first kappa shape index (κ1) is 6.91. The molecule has 0 aliphatic heterocycles. The molecule has 1 heterocycles. The van der Waals surface area contributed by atoms with Crippen LogP contribution < -0.4 is 0 Å². The van der Waals surface area contributed by atoms with Gasteiger partial charge >= 0.3 is 5.97 Å². The third-order valence-corrected chi connectivity index (χ3v) is 1.73. The molecule has 1 aromatic carbocycles. The second-order valence-electron chi connectivity index (χ2n) is 2.52. The van der Waals surface area contributed by atoms with Gasteiger partial charge in [0.1, 0.15) is 0 Å². The van der Waals surface area contributed by atoms with Crippen LogP contribution in [0.25, 0.3) is 10.9 Å². The van der Waals surface area contributed by atoms with Crippen molar-refractivity contribution in [3.05, 3.63) is 36.0 Å². The van der Waals surface area contributed by atoms with Crippen LogP contribution in [0.4, 0.5) is 0 Å². The highest BCUT2D eigenvalue weighted by molar-refractivity contribution is 5.93. The van der Waals surface area contributed by atoms with E-state index in [2.05, 4.69) is 11.2 Å². The summed E-state index contributed by atoms with van der Waals surface area (Å²) in [4.78, 5) is 13.4. The first-order valence-corrected chi connectivity index (χ1v) is 3.49. The molecule has 0 bridgehead atoms. The molecular formula is C9H6NO2. The van der Waals surface area contributed by atoms with E-state index in [1.807, 2.05) is 0 Å². The second kappa shape index (κ2) is 2.37. The van der Waals surface area contributed by atoms with Gasteiger partial charge < -0.3 is 10.1 Å². The zero-order valence-corrected chi connectivity index (χ0v) is 6.16. The van der Waals surface area contributed by atoms with Gasteiger partial charge in [0.25, 0.3) is 0 Å². The Morgan fingerprint density at radius 1 is 1.50 bits per heavy atom. The highest BCUT2D eigenvalue weighted by Crippen LogP contribution is 2.13. The maximum Gasteiger partial charge on any atom is 0.335 e. The van der Waals surface area contributed by atoms with Gasteiger partial charge in [0, 0.05) is 10.9 Å². The SMILES string of the molecule is O=C(O)c1ccc2c[c][nH]c2c1. The summed E-state index contributed by atoms with van der Waals surface area (Å²) in [5, 5.41) is 9.63. The average molecular weight is 160 g/mol. The topological polar surface area (TPSA) is 53.1 Å². The summed E-state index contributed by atoms with van der Waals surface area (Å²) in [5.74, 6) is -0.911. The molecule has 12 heavy (non-hydrogen) atoms. The molecule has 0 saturated heterocycles. The summed E-state index contributed by atoms with van der Waals surface area (Å²) in [5.41, 5.74) is 1.09. The van der Waals surface area contributed by atoms with Gasteiger partial charge in [-0.05, 0) is 18.2 Å². The van der Waals surface area contributed by atoms with Crippen molar-refractivity contribution in [1.82, 2.24) is 4.98 Å². The van der Waals surface area contributed by atoms with E-state index in [0.29, 0.717) is 5.56 Å². The molecule has 1 radical (unpaired) electrons. The van der Waals surface area contributed by atoms with Crippen molar-refractivity contribution in [2.24, 2.45) is 0 Å². The third kappa shape index (κ3) is 0.955. The lowest BCUT2D eigenvalue weighted by Gasteiger charge is -1.93. The Balaban J connectivity index is 2.68. The smallest absolute Gasteiger partial charge is 0.335 e. The Morgan fingerprint density at radius 3 is 3.08 bits per heavy atom. The number of fused-ring (bicyclic) bond motifs is 1. The predicted octanol–water partition coefficient (Wildman–Crippen LogP) is 1.67. The van der Waals surface area contributed by atoms with Gasteiger partial charge in [-0.2, -0.15) is 0 Å². The number of aromatic carboxylic acids is 1. The Hall–Kier alpha value is -1.77. The minimum atomic E-state index is -0.911. The molecule has 3 nitrogen and oxygen atoms in total. The average Bonchev–Trinajstić information content (AvgIpc) is 2.49. The molecule has 0 amide bonds. The molecule has 0 unspecified atom stereocenters. The van der Waals surface area contributed by atoms with Crippen LogP contribution in [0.2, 0.25) is 0 Å². The monoisotopic (exact) mass is 160 g/mol. The molecule has 0 saturated carbocycles. The predicted molar refractivity (Wildman–Crippen MR) is 44.1 cm³/mol. The summed E-state index contributed by atoms with van der Waals surface area (Å²) in [7, 11) is 0. The normalized spacial score (nSPS) is 10.3. The van der Waals surface area contributed by atoms with Crippen LogP contribution in [0.15, 0.2) is 24.3 Å². The number of carboxylic acid groups (broad SMARTS) is 1. The van der Waals surface area contributed by atoms with Crippen molar-refractivity contribution in [3.63, 3.8) is 0 Å². The van der Waals surface area contributed by atoms with E-state index in [4.69, 9.17) is 5.11 Å². The van der Waals surface area contributed by atoms with Crippen LogP contribution in [-0.4, -0.2) is 16.1 Å². The summed E-state index contributed by atoms with van der Waals surface area (Å²) >= 11 is 0. The van der Waals surface area contributed by atoms with Crippen LogP contribution in [0, 0.1) is 6.20 Å². The molecule has 59 valence electrons. The quantitative estimate of drug-likeness (QED) is 0.666. The van der Waals surface area contributed by atoms with Crippen LogP contribution in [0.1, 0.15) is 10.4 Å². The summed E-state index contributed by atoms with van der Waals surface area (Å²) in [6.07, 6.45) is 2.79. The lowest BCUT2D eigenvalue weighted by Crippen LogP contribution is -1.94. The van der Waals surface area contributed by atoms with Crippen LogP contribution >= 0.6 is 0 Å². The Labute approximate surface area is 68.6 Å². The highest BCUT2D eigenvalue weighted by Gasteiger charge is 2.02. The first-order valence-electron chi connectivity index (χ1n) is 3.49. The van der Waals surface area contributed by atoms with Crippen LogP contribution in [0.3, 0.4) is 0 Å². The van der Waals surface area contributed by atoms with Crippen LogP contribution in [-0.2, 0) is 0 Å². The van der Waals surface area contributed by atoms with E-state index in [-0.39, 0.29) is 0 Å². The molecule has 2 aromatic rings. The van der Waals surface area contributed by atoms with Gasteiger partial charge in [-0.25, -0.2) is 4.79 Å². The Kier molecular flexibility index (Phi) is 1.37. The fourth-order valence-electron chi connectivity index (χ4n) is 1.12. The van der Waals surface area contributed by atoms with Crippen molar-refractivity contribution in [3.8, 4) is 0 Å². The molecule has 2 rings (SSSR count). The molecule has 0 atom stereocenters. The van der Waals surface area contributed by atoms with E-state index in [0.717, 1.165) is 10.9 Å². The number of aromatic nitrogens is 1. The van der Waals surface area contributed by atoms with Gasteiger partial charge in [-0.3, -0.25) is 0 Å². The maximum absolute atomic E-state index is 10.5. The van der Waals surface area contributed by atoms with Gasteiger partial charge in [0.05, 0.1) is 11.8 Å². The van der Waals surface area contributed by atoms with E-state index < -0.39 is 5.97 Å². The Bertz CT molecular complexity index is 431. The van der Waals surface area contributed by atoms with Gasteiger partial charge in [-0.15, -0.1) is 0 Å².